The van der Waals surface area contributed by atoms with Crippen LogP contribution in [0.3, 0.4) is 0 Å². The normalized spacial score (nSPS) is 10.4. The average Bonchev–Trinajstić information content (AvgIpc) is 2.30. The minimum atomic E-state index is -1.04. The van der Waals surface area contributed by atoms with Crippen molar-refractivity contribution in [3.8, 4) is 0 Å². The predicted octanol–water partition coefficient (Wildman–Crippen LogP) is 0.701. The third kappa shape index (κ3) is 5.30. The fourth-order valence-corrected chi connectivity index (χ4v) is 2.10. The zero-order valence-corrected chi connectivity index (χ0v) is 12.6. The molecule has 20 heavy (non-hydrogen) atoms. The van der Waals surface area contributed by atoms with E-state index in [1.165, 1.54) is 18.0 Å². The van der Waals surface area contributed by atoms with Crippen LogP contribution in [0.25, 0.3) is 0 Å². The lowest BCUT2D eigenvalue weighted by Crippen LogP contribution is -2.34. The summed E-state index contributed by atoms with van der Waals surface area (Å²) in [7, 11) is 2.49. The van der Waals surface area contributed by atoms with Gasteiger partial charge in [0.2, 0.25) is 0 Å². The minimum Gasteiger partial charge on any atom is -0.532 e. The van der Waals surface area contributed by atoms with Gasteiger partial charge >= 0.3 is 19.4 Å². The van der Waals surface area contributed by atoms with Crippen LogP contribution < -0.4 is 5.46 Å². The lowest BCUT2D eigenvalue weighted by molar-refractivity contribution is -0.139. The van der Waals surface area contributed by atoms with Crippen molar-refractivity contribution >= 4 is 40.8 Å². The molecule has 0 saturated carbocycles. The van der Waals surface area contributed by atoms with E-state index in [0.717, 1.165) is 7.48 Å². The van der Waals surface area contributed by atoms with Gasteiger partial charge in [-0.25, -0.2) is 4.39 Å². The zero-order chi connectivity index (χ0) is 15.3. The highest BCUT2D eigenvalue weighted by atomic mass is 79.9. The summed E-state index contributed by atoms with van der Waals surface area (Å²) in [5.41, 5.74) is 0.566. The molecule has 1 radical (unpaired) electrons. The van der Waals surface area contributed by atoms with E-state index in [-0.39, 0.29) is 18.6 Å². The van der Waals surface area contributed by atoms with Crippen LogP contribution in [0.15, 0.2) is 16.6 Å². The lowest BCUT2D eigenvalue weighted by Gasteiger charge is -2.13. The molecule has 0 bridgehead atoms. The summed E-state index contributed by atoms with van der Waals surface area (Å²) in [5, 5.41) is 8.55. The molecular weight excluding hydrogens is 332 g/mol. The van der Waals surface area contributed by atoms with Crippen molar-refractivity contribution in [3.63, 3.8) is 0 Å². The van der Waals surface area contributed by atoms with Crippen LogP contribution in [0.2, 0.25) is 0 Å². The third-order valence-electron chi connectivity index (χ3n) is 2.37. The number of nitrogens with zero attached hydrogens (tertiary/aromatic N) is 1. The Kier molecular flexibility index (Phi) is 6.16. The Morgan fingerprint density at radius 1 is 1.45 bits per heavy atom. The first-order chi connectivity index (χ1) is 9.29. The molecule has 1 N–H and O–H groups in total. The van der Waals surface area contributed by atoms with Crippen LogP contribution in [-0.4, -0.2) is 49.6 Å². The summed E-state index contributed by atoms with van der Waals surface area (Å²) in [6.45, 7) is 1.12. The van der Waals surface area contributed by atoms with Crippen molar-refractivity contribution in [1.29, 1.82) is 0 Å². The highest BCUT2D eigenvalue weighted by Gasteiger charge is 2.15. The Bertz CT molecular complexity index is 526. The summed E-state index contributed by atoms with van der Waals surface area (Å²) >= 11 is 3.22. The van der Waals surface area contributed by atoms with E-state index >= 15 is 0 Å². The first-order valence-corrected chi connectivity index (χ1v) is 6.47. The van der Waals surface area contributed by atoms with Gasteiger partial charge in [0.15, 0.2) is 0 Å². The molecule has 1 rings (SSSR count). The van der Waals surface area contributed by atoms with E-state index in [4.69, 9.17) is 9.76 Å². The maximum absolute atomic E-state index is 13.7. The van der Waals surface area contributed by atoms with E-state index in [1.807, 2.05) is 0 Å². The van der Waals surface area contributed by atoms with Gasteiger partial charge in [0.25, 0.3) is 0 Å². The molecule has 0 atom stereocenters. The second-order valence-electron chi connectivity index (χ2n) is 4.30. The molecule has 0 aliphatic carbocycles. The number of carboxylic acid groups (broad SMARTS) is 1. The van der Waals surface area contributed by atoms with Crippen molar-refractivity contribution in [2.45, 2.75) is 6.92 Å². The van der Waals surface area contributed by atoms with Crippen LogP contribution in [0, 0.1) is 12.7 Å². The van der Waals surface area contributed by atoms with Crippen molar-refractivity contribution in [3.05, 3.63) is 28.0 Å². The summed E-state index contributed by atoms with van der Waals surface area (Å²) in [4.78, 5) is 23.2. The molecule has 0 heterocycles. The molecule has 1 aromatic carbocycles. The van der Waals surface area contributed by atoms with Crippen molar-refractivity contribution in [2.24, 2.45) is 0 Å². The Morgan fingerprint density at radius 2 is 2.10 bits per heavy atom. The Morgan fingerprint density at radius 3 is 2.70 bits per heavy atom. The molecular formula is C12H13BBrFNO4. The molecule has 5 nitrogen and oxygen atoms in total. The van der Waals surface area contributed by atoms with Gasteiger partial charge in [-0.15, -0.1) is 0 Å². The van der Waals surface area contributed by atoms with Crippen molar-refractivity contribution < 1.29 is 23.7 Å². The van der Waals surface area contributed by atoms with Crippen LogP contribution in [0.4, 0.5) is 4.39 Å². The number of rotatable bonds is 6. The standard InChI is InChI=1S/C12H13BBrFNO4/c1-7-3-8(14)4-9(12(7)15)13-20-11(19)6-16(2)5-10(17)18/h3-4H,5-6H2,1-2H3,(H,17,18). The number of carbonyl (C=O) groups excluding carboxylic acids is 1. The van der Waals surface area contributed by atoms with E-state index in [2.05, 4.69) is 15.9 Å². The zero-order valence-electron chi connectivity index (χ0n) is 11.0. The van der Waals surface area contributed by atoms with Crippen LogP contribution in [0.5, 0.6) is 0 Å². The summed E-state index contributed by atoms with van der Waals surface area (Å²) in [6, 6.07) is 3.09. The molecule has 0 aliphatic rings. The number of aryl methyl sites for hydroxylation is 1. The Balaban J connectivity index is 2.55. The number of carboxylic acids is 1. The second kappa shape index (κ2) is 7.40. The van der Waals surface area contributed by atoms with Gasteiger partial charge in [0.1, 0.15) is 5.82 Å². The number of hydrogen-bond donors (Lipinski definition) is 1. The molecule has 0 saturated heterocycles. The summed E-state index contributed by atoms with van der Waals surface area (Å²) in [6.07, 6.45) is 0. The quantitative estimate of drug-likeness (QED) is 0.769. The van der Waals surface area contributed by atoms with E-state index in [9.17, 15) is 14.0 Å². The number of benzene rings is 1. The molecule has 0 aromatic heterocycles. The highest BCUT2D eigenvalue weighted by molar-refractivity contribution is 9.10. The molecule has 0 aliphatic heterocycles. The number of carbonyl (C=O) groups is 2. The number of aliphatic carboxylic acids is 1. The van der Waals surface area contributed by atoms with Crippen molar-refractivity contribution in [2.75, 3.05) is 20.1 Å². The van der Waals surface area contributed by atoms with E-state index in [0.29, 0.717) is 10.0 Å². The Labute approximate surface area is 125 Å². The molecule has 0 unspecified atom stereocenters. The molecule has 1 aromatic rings. The molecule has 107 valence electrons. The lowest BCUT2D eigenvalue weighted by atomic mass is 9.86. The van der Waals surface area contributed by atoms with Gasteiger partial charge in [0, 0.05) is 4.47 Å². The molecule has 0 amide bonds. The van der Waals surface area contributed by atoms with Gasteiger partial charge in [-0.2, -0.15) is 0 Å². The van der Waals surface area contributed by atoms with Crippen LogP contribution in [-0.2, 0) is 14.2 Å². The summed E-state index contributed by atoms with van der Waals surface area (Å²) < 4.78 is 19.2. The largest absolute Gasteiger partial charge is 0.532 e. The minimum absolute atomic E-state index is 0.145. The number of halogens is 2. The number of likely N-dealkylation sites (N-methyl/N-ethyl adjacent to an activating group) is 1. The topological polar surface area (TPSA) is 66.8 Å². The number of hydrogen-bond acceptors (Lipinski definition) is 4. The maximum Gasteiger partial charge on any atom is 0.415 e. The fraction of sp³-hybridized carbons (Fsp3) is 0.333. The fourth-order valence-electron chi connectivity index (χ4n) is 1.51. The average molecular weight is 345 g/mol. The monoisotopic (exact) mass is 344 g/mol. The van der Waals surface area contributed by atoms with E-state index < -0.39 is 17.8 Å². The predicted molar refractivity (Wildman–Crippen MR) is 75.4 cm³/mol. The Hall–Kier alpha value is -1.41. The SMILES string of the molecule is Cc1cc(Br)cc([B]OC(=O)CN(C)CC(=O)O)c1F. The third-order valence-corrected chi connectivity index (χ3v) is 2.83. The molecule has 0 fully saturated rings. The smallest absolute Gasteiger partial charge is 0.415 e. The second-order valence-corrected chi connectivity index (χ2v) is 5.22. The highest BCUT2D eigenvalue weighted by Crippen LogP contribution is 2.12. The molecule has 0 spiro atoms. The van der Waals surface area contributed by atoms with Crippen LogP contribution >= 0.6 is 15.9 Å². The van der Waals surface area contributed by atoms with E-state index in [1.54, 1.807) is 13.0 Å². The van der Waals surface area contributed by atoms with Gasteiger partial charge < -0.3 is 9.76 Å². The van der Waals surface area contributed by atoms with Gasteiger partial charge in [-0.1, -0.05) is 15.9 Å². The first-order valence-electron chi connectivity index (χ1n) is 5.68. The van der Waals surface area contributed by atoms with Gasteiger partial charge in [0.05, 0.1) is 13.1 Å². The van der Waals surface area contributed by atoms with Crippen LogP contribution in [0.1, 0.15) is 5.56 Å². The van der Waals surface area contributed by atoms with Gasteiger partial charge in [-0.05, 0) is 37.1 Å². The van der Waals surface area contributed by atoms with Gasteiger partial charge in [-0.3, -0.25) is 14.5 Å². The van der Waals surface area contributed by atoms with Crippen molar-refractivity contribution in [1.82, 2.24) is 4.90 Å². The molecule has 8 heteroatoms. The summed E-state index contributed by atoms with van der Waals surface area (Å²) in [5.74, 6) is -2.18. The maximum atomic E-state index is 13.7. The first kappa shape index (κ1) is 16.6.